The lowest BCUT2D eigenvalue weighted by Crippen LogP contribution is -1.95. The van der Waals surface area contributed by atoms with Crippen LogP contribution in [0, 0.1) is 27.3 Å². The van der Waals surface area contributed by atoms with Crippen LogP contribution in [0.3, 0.4) is 0 Å². The Kier molecular flexibility index (Phi) is 3.82. The van der Waals surface area contributed by atoms with Gasteiger partial charge in [0.05, 0.1) is 16.6 Å². The molecule has 0 N–H and O–H groups in total. The molecule has 2 aromatic carbocycles. The lowest BCUT2D eigenvalue weighted by atomic mass is 10.2. The maximum Gasteiger partial charge on any atom is 0.314 e. The summed E-state index contributed by atoms with van der Waals surface area (Å²) >= 11 is 5.78. The molecule has 0 fully saturated rings. The molecule has 0 saturated carbocycles. The topological polar surface area (TPSA) is 76.2 Å². The molecule has 0 spiro atoms. The second-order valence-corrected chi connectivity index (χ2v) is 4.16. The molecule has 0 aromatic heterocycles. The third-order valence-corrected chi connectivity index (χ3v) is 2.64. The number of nitro benzene ring substituents is 1. The SMILES string of the molecule is N#Cc1ccc(Cl)cc1Oc1ccc(F)cc1[N+](=O)[O-]. The van der Waals surface area contributed by atoms with Crippen LogP contribution in [0.1, 0.15) is 5.56 Å². The van der Waals surface area contributed by atoms with Crippen molar-refractivity contribution in [2.75, 3.05) is 0 Å². The number of rotatable bonds is 3. The van der Waals surface area contributed by atoms with Gasteiger partial charge in [-0.15, -0.1) is 0 Å². The predicted molar refractivity (Wildman–Crippen MR) is 69.3 cm³/mol. The Balaban J connectivity index is 2.48. The first kappa shape index (κ1) is 13.8. The van der Waals surface area contributed by atoms with Crippen LogP contribution in [0.5, 0.6) is 11.5 Å². The summed E-state index contributed by atoms with van der Waals surface area (Å²) in [5.41, 5.74) is -0.373. The maximum atomic E-state index is 13.0. The summed E-state index contributed by atoms with van der Waals surface area (Å²) in [7, 11) is 0. The van der Waals surface area contributed by atoms with Crippen molar-refractivity contribution >= 4 is 17.3 Å². The number of ether oxygens (including phenoxy) is 1. The Labute approximate surface area is 117 Å². The molecule has 2 rings (SSSR count). The van der Waals surface area contributed by atoms with Crippen molar-refractivity contribution in [2.24, 2.45) is 0 Å². The molecule has 5 nitrogen and oxygen atoms in total. The van der Waals surface area contributed by atoms with Crippen molar-refractivity contribution in [1.29, 1.82) is 5.26 Å². The minimum absolute atomic E-state index is 0.0645. The molecule has 20 heavy (non-hydrogen) atoms. The highest BCUT2D eigenvalue weighted by Crippen LogP contribution is 2.34. The van der Waals surface area contributed by atoms with Gasteiger partial charge >= 0.3 is 5.69 Å². The molecule has 0 aliphatic heterocycles. The number of nitrogens with zero attached hydrogens (tertiary/aromatic N) is 2. The molecule has 0 radical (unpaired) electrons. The van der Waals surface area contributed by atoms with Gasteiger partial charge < -0.3 is 4.74 Å². The van der Waals surface area contributed by atoms with Gasteiger partial charge in [0.15, 0.2) is 0 Å². The van der Waals surface area contributed by atoms with Gasteiger partial charge in [-0.25, -0.2) is 4.39 Å². The molecular weight excluding hydrogens is 287 g/mol. The zero-order chi connectivity index (χ0) is 14.7. The summed E-state index contributed by atoms with van der Waals surface area (Å²) < 4.78 is 18.3. The van der Waals surface area contributed by atoms with Crippen LogP contribution in [0.2, 0.25) is 5.02 Å². The summed E-state index contributed by atoms with van der Waals surface area (Å²) in [6.07, 6.45) is 0. The highest BCUT2D eigenvalue weighted by molar-refractivity contribution is 6.30. The van der Waals surface area contributed by atoms with Crippen molar-refractivity contribution < 1.29 is 14.1 Å². The molecule has 0 aliphatic rings. The van der Waals surface area contributed by atoms with Crippen molar-refractivity contribution in [2.45, 2.75) is 0 Å². The van der Waals surface area contributed by atoms with Crippen LogP contribution in [-0.4, -0.2) is 4.92 Å². The quantitative estimate of drug-likeness (QED) is 0.631. The van der Waals surface area contributed by atoms with Gasteiger partial charge in [-0.05, 0) is 24.3 Å². The minimum Gasteiger partial charge on any atom is -0.449 e. The molecule has 0 saturated heterocycles. The zero-order valence-electron chi connectivity index (χ0n) is 9.84. The van der Waals surface area contributed by atoms with E-state index in [9.17, 15) is 14.5 Å². The normalized spacial score (nSPS) is 9.85. The van der Waals surface area contributed by atoms with Gasteiger partial charge in [0, 0.05) is 11.1 Å². The van der Waals surface area contributed by atoms with E-state index in [2.05, 4.69) is 0 Å². The van der Waals surface area contributed by atoms with E-state index in [0.29, 0.717) is 5.02 Å². The number of hydrogen-bond donors (Lipinski definition) is 0. The number of hydrogen-bond acceptors (Lipinski definition) is 4. The van der Waals surface area contributed by atoms with Crippen molar-refractivity contribution in [3.63, 3.8) is 0 Å². The molecule has 0 amide bonds. The van der Waals surface area contributed by atoms with E-state index in [1.54, 1.807) is 0 Å². The summed E-state index contributed by atoms with van der Waals surface area (Å²) in [6.45, 7) is 0. The summed E-state index contributed by atoms with van der Waals surface area (Å²) in [5, 5.41) is 20.1. The highest BCUT2D eigenvalue weighted by Gasteiger charge is 2.18. The van der Waals surface area contributed by atoms with Crippen LogP contribution in [-0.2, 0) is 0 Å². The number of halogens is 2. The third-order valence-electron chi connectivity index (χ3n) is 2.40. The van der Waals surface area contributed by atoms with E-state index in [-0.39, 0.29) is 17.1 Å². The first-order valence-corrected chi connectivity index (χ1v) is 5.70. The van der Waals surface area contributed by atoms with E-state index in [1.165, 1.54) is 18.2 Å². The number of nitro groups is 1. The van der Waals surface area contributed by atoms with E-state index in [4.69, 9.17) is 21.6 Å². The van der Waals surface area contributed by atoms with Gasteiger partial charge in [0.2, 0.25) is 5.75 Å². The molecule has 2 aromatic rings. The van der Waals surface area contributed by atoms with Gasteiger partial charge in [-0.1, -0.05) is 11.6 Å². The summed E-state index contributed by atoms with van der Waals surface area (Å²) in [5.74, 6) is -0.861. The Bertz CT molecular complexity index is 728. The summed E-state index contributed by atoms with van der Waals surface area (Å²) in [4.78, 5) is 10.1. The van der Waals surface area contributed by atoms with E-state index in [1.807, 2.05) is 6.07 Å². The Morgan fingerprint density at radius 3 is 2.65 bits per heavy atom. The second kappa shape index (κ2) is 5.55. The Morgan fingerprint density at radius 2 is 2.00 bits per heavy atom. The molecule has 100 valence electrons. The van der Waals surface area contributed by atoms with Crippen molar-refractivity contribution in [3.05, 3.63) is 62.9 Å². The van der Waals surface area contributed by atoms with Crippen molar-refractivity contribution in [3.8, 4) is 17.6 Å². The average molecular weight is 293 g/mol. The number of benzene rings is 2. The van der Waals surface area contributed by atoms with Crippen LogP contribution >= 0.6 is 11.6 Å². The lowest BCUT2D eigenvalue weighted by molar-refractivity contribution is -0.385. The molecular formula is C13H6ClFN2O3. The predicted octanol–water partition coefficient (Wildman–Crippen LogP) is 4.05. The number of nitriles is 1. The first-order chi connectivity index (χ1) is 9.51. The Morgan fingerprint density at radius 1 is 1.25 bits per heavy atom. The monoisotopic (exact) mass is 292 g/mol. The van der Waals surface area contributed by atoms with E-state index >= 15 is 0 Å². The minimum atomic E-state index is -0.769. The van der Waals surface area contributed by atoms with E-state index < -0.39 is 16.4 Å². The lowest BCUT2D eigenvalue weighted by Gasteiger charge is -2.08. The fourth-order valence-corrected chi connectivity index (χ4v) is 1.67. The molecule has 0 unspecified atom stereocenters. The molecule has 7 heteroatoms. The van der Waals surface area contributed by atoms with Gasteiger partial charge in [0.1, 0.15) is 17.6 Å². The smallest absolute Gasteiger partial charge is 0.314 e. The fraction of sp³-hybridized carbons (Fsp3) is 0. The zero-order valence-corrected chi connectivity index (χ0v) is 10.6. The summed E-state index contributed by atoms with van der Waals surface area (Å²) in [6, 6.07) is 9.03. The maximum absolute atomic E-state index is 13.0. The third kappa shape index (κ3) is 2.84. The van der Waals surface area contributed by atoms with Gasteiger partial charge in [-0.3, -0.25) is 10.1 Å². The van der Waals surface area contributed by atoms with E-state index in [0.717, 1.165) is 18.2 Å². The van der Waals surface area contributed by atoms with Crippen LogP contribution < -0.4 is 4.74 Å². The standard InChI is InChI=1S/C13H6ClFN2O3/c14-9-2-1-8(7-16)13(5-9)20-12-4-3-10(15)6-11(12)17(18)19/h1-6H. The van der Waals surface area contributed by atoms with Crippen molar-refractivity contribution in [1.82, 2.24) is 0 Å². The molecule has 0 bridgehead atoms. The average Bonchev–Trinajstić information content (AvgIpc) is 2.41. The molecule has 0 atom stereocenters. The second-order valence-electron chi connectivity index (χ2n) is 3.72. The molecule has 0 heterocycles. The highest BCUT2D eigenvalue weighted by atomic mass is 35.5. The first-order valence-electron chi connectivity index (χ1n) is 5.32. The van der Waals surface area contributed by atoms with Gasteiger partial charge in [-0.2, -0.15) is 5.26 Å². The largest absolute Gasteiger partial charge is 0.449 e. The Hall–Kier alpha value is -2.65. The van der Waals surface area contributed by atoms with Crippen LogP contribution in [0.25, 0.3) is 0 Å². The van der Waals surface area contributed by atoms with Crippen LogP contribution in [0.4, 0.5) is 10.1 Å². The van der Waals surface area contributed by atoms with Gasteiger partial charge in [0.25, 0.3) is 0 Å². The fourth-order valence-electron chi connectivity index (χ4n) is 1.51. The van der Waals surface area contributed by atoms with Crippen LogP contribution in [0.15, 0.2) is 36.4 Å². The molecule has 0 aliphatic carbocycles.